The lowest BCUT2D eigenvalue weighted by atomic mass is 10.1. The fourth-order valence-corrected chi connectivity index (χ4v) is 1.66. The fourth-order valence-electron chi connectivity index (χ4n) is 1.66. The number of rotatable bonds is 5. The summed E-state index contributed by atoms with van der Waals surface area (Å²) in [5.41, 5.74) is 2.19. The van der Waals surface area contributed by atoms with Crippen LogP contribution in [0.4, 0.5) is 0 Å². The molecule has 1 rings (SSSR count). The molecule has 15 heavy (non-hydrogen) atoms. The highest BCUT2D eigenvalue weighted by Crippen LogP contribution is 2.07. The van der Waals surface area contributed by atoms with E-state index in [1.54, 1.807) is 0 Å². The minimum Gasteiger partial charge on any atom is -0.391 e. The van der Waals surface area contributed by atoms with Crippen LogP contribution < -0.4 is 0 Å². The molecule has 0 amide bonds. The summed E-state index contributed by atoms with van der Waals surface area (Å²) in [6, 6.07) is 2.07. The van der Waals surface area contributed by atoms with E-state index in [1.165, 1.54) is 0 Å². The van der Waals surface area contributed by atoms with E-state index in [0.717, 1.165) is 17.8 Å². The van der Waals surface area contributed by atoms with Crippen LogP contribution in [-0.2, 0) is 19.9 Å². The van der Waals surface area contributed by atoms with Crippen LogP contribution >= 0.6 is 0 Å². The molecule has 0 fully saturated rings. The molecule has 86 valence electrons. The molecule has 0 radical (unpaired) electrons. The van der Waals surface area contributed by atoms with Gasteiger partial charge in [0.05, 0.1) is 11.8 Å². The topological polar surface area (TPSA) is 41.3 Å². The third-order valence-corrected chi connectivity index (χ3v) is 2.41. The number of hydrogen-bond donors (Lipinski definition) is 1. The molecule has 1 heterocycles. The molecule has 4 nitrogen and oxygen atoms in total. The van der Waals surface area contributed by atoms with E-state index >= 15 is 0 Å². The Hall–Kier alpha value is -0.870. The van der Waals surface area contributed by atoms with E-state index in [-0.39, 0.29) is 6.10 Å². The van der Waals surface area contributed by atoms with Crippen LogP contribution in [0.3, 0.4) is 0 Å². The highest BCUT2D eigenvalue weighted by atomic mass is 16.3. The van der Waals surface area contributed by atoms with Crippen molar-refractivity contribution in [2.75, 3.05) is 20.6 Å². The van der Waals surface area contributed by atoms with Gasteiger partial charge in [0, 0.05) is 25.7 Å². The normalized spacial score (nSPS) is 13.5. The van der Waals surface area contributed by atoms with Crippen LogP contribution in [0.15, 0.2) is 6.07 Å². The molecule has 1 unspecified atom stereocenters. The average Bonchev–Trinajstić information content (AvgIpc) is 2.46. The Morgan fingerprint density at radius 3 is 2.67 bits per heavy atom. The van der Waals surface area contributed by atoms with Gasteiger partial charge < -0.3 is 10.0 Å². The predicted molar refractivity (Wildman–Crippen MR) is 60.9 cm³/mol. The zero-order chi connectivity index (χ0) is 11.4. The maximum atomic E-state index is 9.80. The second-order valence-corrected chi connectivity index (χ2v) is 4.22. The molecule has 4 heteroatoms. The van der Waals surface area contributed by atoms with Crippen LogP contribution in [0.2, 0.25) is 0 Å². The lowest BCUT2D eigenvalue weighted by Gasteiger charge is -2.15. The summed E-state index contributed by atoms with van der Waals surface area (Å²) in [6.45, 7) is 2.77. The third-order valence-electron chi connectivity index (χ3n) is 2.41. The average molecular weight is 211 g/mol. The molecule has 1 atom stereocenters. The minimum atomic E-state index is -0.319. The van der Waals surface area contributed by atoms with Crippen LogP contribution in [0, 0.1) is 0 Å². The van der Waals surface area contributed by atoms with Gasteiger partial charge >= 0.3 is 0 Å². The Labute approximate surface area is 91.5 Å². The first-order valence-electron chi connectivity index (χ1n) is 5.37. The smallest absolute Gasteiger partial charge is 0.0722 e. The van der Waals surface area contributed by atoms with Crippen molar-refractivity contribution in [1.29, 1.82) is 0 Å². The van der Waals surface area contributed by atoms with Crippen molar-refractivity contribution in [3.63, 3.8) is 0 Å². The maximum absolute atomic E-state index is 9.80. The zero-order valence-corrected chi connectivity index (χ0v) is 10.1. The lowest BCUT2D eigenvalue weighted by molar-refractivity contribution is 0.135. The van der Waals surface area contributed by atoms with E-state index in [2.05, 4.69) is 18.1 Å². The van der Waals surface area contributed by atoms with Crippen molar-refractivity contribution >= 4 is 0 Å². The lowest BCUT2D eigenvalue weighted by Crippen LogP contribution is -2.28. The van der Waals surface area contributed by atoms with Crippen molar-refractivity contribution < 1.29 is 5.11 Å². The second-order valence-electron chi connectivity index (χ2n) is 4.22. The molecule has 1 aromatic rings. The van der Waals surface area contributed by atoms with E-state index < -0.39 is 0 Å². The molecular weight excluding hydrogens is 190 g/mol. The molecule has 1 aromatic heterocycles. The standard InChI is InChI=1S/C11H21N3O/c1-5-9-6-10(14(4)12-9)7-11(15)8-13(2)3/h6,11,15H,5,7-8H2,1-4H3. The Balaban J connectivity index is 2.59. The number of aromatic nitrogens is 2. The molecule has 0 bridgehead atoms. The highest BCUT2D eigenvalue weighted by molar-refractivity contribution is 5.11. The summed E-state index contributed by atoms with van der Waals surface area (Å²) in [5, 5.41) is 14.1. The van der Waals surface area contributed by atoms with Crippen molar-refractivity contribution in [2.45, 2.75) is 25.9 Å². The van der Waals surface area contributed by atoms with E-state index in [9.17, 15) is 5.11 Å². The fraction of sp³-hybridized carbons (Fsp3) is 0.727. The zero-order valence-electron chi connectivity index (χ0n) is 10.1. The van der Waals surface area contributed by atoms with Gasteiger partial charge in [0.1, 0.15) is 0 Å². The van der Waals surface area contributed by atoms with Crippen molar-refractivity contribution in [1.82, 2.24) is 14.7 Å². The Kier molecular flexibility index (Phi) is 4.29. The minimum absolute atomic E-state index is 0.319. The van der Waals surface area contributed by atoms with Crippen molar-refractivity contribution in [2.24, 2.45) is 7.05 Å². The number of aliphatic hydroxyl groups is 1. The summed E-state index contributed by atoms with van der Waals surface area (Å²) in [4.78, 5) is 1.99. The number of nitrogens with zero attached hydrogens (tertiary/aromatic N) is 3. The number of likely N-dealkylation sites (N-methyl/N-ethyl adjacent to an activating group) is 1. The van der Waals surface area contributed by atoms with E-state index in [4.69, 9.17) is 0 Å². The van der Waals surface area contributed by atoms with Crippen molar-refractivity contribution in [3.05, 3.63) is 17.5 Å². The summed E-state index contributed by atoms with van der Waals surface area (Å²) >= 11 is 0. The van der Waals surface area contributed by atoms with Gasteiger partial charge in [0.25, 0.3) is 0 Å². The van der Waals surface area contributed by atoms with Gasteiger partial charge in [-0.3, -0.25) is 4.68 Å². The van der Waals surface area contributed by atoms with Gasteiger partial charge in [0.2, 0.25) is 0 Å². The van der Waals surface area contributed by atoms with Crippen LogP contribution in [-0.4, -0.2) is 46.5 Å². The summed E-state index contributed by atoms with van der Waals surface area (Å²) in [6.07, 6.45) is 1.29. The van der Waals surface area contributed by atoms with Gasteiger partial charge in [-0.25, -0.2) is 0 Å². The van der Waals surface area contributed by atoms with Gasteiger partial charge in [-0.05, 0) is 26.6 Å². The van der Waals surface area contributed by atoms with Gasteiger partial charge in [0.15, 0.2) is 0 Å². The Morgan fingerprint density at radius 1 is 1.53 bits per heavy atom. The second kappa shape index (κ2) is 5.28. The summed E-state index contributed by atoms with van der Waals surface area (Å²) < 4.78 is 1.86. The molecule has 0 aromatic carbocycles. The molecule has 0 saturated heterocycles. The molecule has 0 aliphatic carbocycles. The van der Waals surface area contributed by atoms with Crippen LogP contribution in [0.1, 0.15) is 18.3 Å². The first kappa shape index (κ1) is 12.2. The molecule has 0 spiro atoms. The summed E-state index contributed by atoms with van der Waals surface area (Å²) in [7, 11) is 5.85. The third kappa shape index (κ3) is 3.64. The van der Waals surface area contributed by atoms with Gasteiger partial charge in [-0.1, -0.05) is 6.92 Å². The summed E-state index contributed by atoms with van der Waals surface area (Å²) in [5.74, 6) is 0. The number of hydrogen-bond acceptors (Lipinski definition) is 3. The predicted octanol–water partition coefficient (Wildman–Crippen LogP) is 0.447. The molecule has 0 aliphatic heterocycles. The largest absolute Gasteiger partial charge is 0.391 e. The monoisotopic (exact) mass is 211 g/mol. The number of aryl methyl sites for hydroxylation is 2. The van der Waals surface area contributed by atoms with E-state index in [1.807, 2.05) is 30.7 Å². The SMILES string of the molecule is CCc1cc(CC(O)CN(C)C)n(C)n1. The Bertz CT molecular complexity index is 307. The quantitative estimate of drug-likeness (QED) is 0.768. The van der Waals surface area contributed by atoms with Gasteiger partial charge in [-0.2, -0.15) is 5.10 Å². The number of aliphatic hydroxyl groups excluding tert-OH is 1. The first-order valence-corrected chi connectivity index (χ1v) is 5.37. The van der Waals surface area contributed by atoms with E-state index in [0.29, 0.717) is 13.0 Å². The maximum Gasteiger partial charge on any atom is 0.0722 e. The van der Waals surface area contributed by atoms with Gasteiger partial charge in [-0.15, -0.1) is 0 Å². The molecular formula is C11H21N3O. The molecule has 0 aliphatic rings. The van der Waals surface area contributed by atoms with Crippen molar-refractivity contribution in [3.8, 4) is 0 Å². The van der Waals surface area contributed by atoms with Crippen LogP contribution in [0.5, 0.6) is 0 Å². The highest BCUT2D eigenvalue weighted by Gasteiger charge is 2.10. The first-order chi connectivity index (χ1) is 7.02. The van der Waals surface area contributed by atoms with Crippen LogP contribution in [0.25, 0.3) is 0 Å². The Morgan fingerprint density at radius 2 is 2.20 bits per heavy atom. The molecule has 1 N–H and O–H groups in total. The molecule has 0 saturated carbocycles.